The minimum Gasteiger partial charge on any atom is -0.445 e. The molecule has 0 saturated carbocycles. The predicted octanol–water partition coefficient (Wildman–Crippen LogP) is 5.21. The Morgan fingerprint density at radius 1 is 1.03 bits per heavy atom. The summed E-state index contributed by atoms with van der Waals surface area (Å²) in [4.78, 5) is 3.90. The Balaban J connectivity index is 1.69. The fourth-order valence-corrected chi connectivity index (χ4v) is 4.54. The molecule has 0 aliphatic heterocycles. The minimum atomic E-state index is -4.82. The van der Waals surface area contributed by atoms with E-state index in [2.05, 4.69) is 20.9 Å². The van der Waals surface area contributed by atoms with Crippen LogP contribution < -0.4 is 0 Å². The van der Waals surface area contributed by atoms with Gasteiger partial charge in [-0.3, -0.25) is 0 Å². The summed E-state index contributed by atoms with van der Waals surface area (Å²) in [5, 5.41) is 0. The molecule has 0 aliphatic carbocycles. The molecular formula is C19H13BrF3NO4S2. The first-order valence-corrected chi connectivity index (χ1v) is 11.8. The number of alkyl halides is 3. The Morgan fingerprint density at radius 3 is 2.27 bits per heavy atom. The van der Waals surface area contributed by atoms with Gasteiger partial charge in [-0.25, -0.2) is 17.6 Å². The quantitative estimate of drug-likeness (QED) is 0.446. The first kappa shape index (κ1) is 22.4. The number of hydrogen-bond acceptors (Lipinski definition) is 5. The number of benzene rings is 2. The molecule has 11 heteroatoms. The van der Waals surface area contributed by atoms with Crippen molar-refractivity contribution < 1.29 is 30.2 Å². The topological polar surface area (TPSA) is 77.2 Å². The zero-order chi connectivity index (χ0) is 21.9. The van der Waals surface area contributed by atoms with Crippen LogP contribution in [0.4, 0.5) is 13.2 Å². The maximum Gasteiger partial charge on any atom is 0.475 e. The van der Waals surface area contributed by atoms with E-state index in [4.69, 9.17) is 4.42 Å². The average Bonchev–Trinajstić information content (AvgIpc) is 3.12. The van der Waals surface area contributed by atoms with Gasteiger partial charge in [0.25, 0.3) is 0 Å². The number of nitrogens with zero attached hydrogens (tertiary/aromatic N) is 1. The molecule has 1 heterocycles. The van der Waals surface area contributed by atoms with Crippen molar-refractivity contribution in [3.8, 4) is 0 Å². The van der Waals surface area contributed by atoms with E-state index in [1.54, 1.807) is 12.1 Å². The van der Waals surface area contributed by atoms with Crippen LogP contribution in [0.15, 0.2) is 73.5 Å². The van der Waals surface area contributed by atoms with Crippen LogP contribution in [0.25, 0.3) is 12.2 Å². The molecule has 0 aliphatic rings. The van der Waals surface area contributed by atoms with Crippen LogP contribution in [0, 0.1) is 0 Å². The van der Waals surface area contributed by atoms with Gasteiger partial charge in [0.15, 0.2) is 20.6 Å². The summed E-state index contributed by atoms with van der Waals surface area (Å²) in [5.41, 5.74) is -4.07. The zero-order valence-electron chi connectivity index (χ0n) is 15.0. The average molecular weight is 520 g/mol. The lowest BCUT2D eigenvalue weighted by Gasteiger charge is -2.05. The van der Waals surface area contributed by atoms with Crippen LogP contribution in [-0.4, -0.2) is 23.1 Å². The van der Waals surface area contributed by atoms with Gasteiger partial charge in [-0.2, -0.15) is 13.2 Å². The van der Waals surface area contributed by atoms with Gasteiger partial charge in [0.1, 0.15) is 12.0 Å². The molecule has 0 spiro atoms. The molecule has 0 fully saturated rings. The molecule has 30 heavy (non-hydrogen) atoms. The third-order valence-corrected chi connectivity index (χ3v) is 7.12. The smallest absolute Gasteiger partial charge is 0.445 e. The molecule has 3 rings (SSSR count). The number of halogens is 4. The molecule has 0 saturated heterocycles. The molecule has 0 radical (unpaired) electrons. The van der Waals surface area contributed by atoms with Gasteiger partial charge in [0, 0.05) is 15.4 Å². The van der Waals surface area contributed by atoms with Gasteiger partial charge in [0.05, 0.1) is 10.6 Å². The lowest BCUT2D eigenvalue weighted by molar-refractivity contribution is -0.0384. The molecule has 0 amide bonds. The van der Waals surface area contributed by atoms with E-state index in [0.717, 1.165) is 16.6 Å². The number of sulfone groups is 1. The van der Waals surface area contributed by atoms with Crippen LogP contribution in [0.5, 0.6) is 0 Å². The lowest BCUT2D eigenvalue weighted by atomic mass is 10.2. The third kappa shape index (κ3) is 5.67. The van der Waals surface area contributed by atoms with Crippen LogP contribution >= 0.6 is 15.9 Å². The van der Waals surface area contributed by atoms with E-state index in [1.807, 2.05) is 0 Å². The summed E-state index contributed by atoms with van der Waals surface area (Å²) in [5.74, 6) is -0.205. The monoisotopic (exact) mass is 519 g/mol. The van der Waals surface area contributed by atoms with Gasteiger partial charge in [-0.05, 0) is 48.0 Å². The van der Waals surface area contributed by atoms with Gasteiger partial charge in [-0.1, -0.05) is 28.1 Å². The van der Waals surface area contributed by atoms with Crippen molar-refractivity contribution in [1.29, 1.82) is 0 Å². The fourth-order valence-electron chi connectivity index (χ4n) is 2.39. The Labute approximate surface area is 181 Å². The second-order valence-electron chi connectivity index (χ2n) is 6.01. The molecular weight excluding hydrogens is 507 g/mol. The largest absolute Gasteiger partial charge is 0.475 e. The molecule has 1 atom stereocenters. The highest BCUT2D eigenvalue weighted by Gasteiger charge is 2.37. The Hall–Kier alpha value is -2.24. The normalized spacial score (nSPS) is 13.6. The first-order valence-electron chi connectivity index (χ1n) is 8.24. The molecule has 1 aromatic heterocycles. The van der Waals surface area contributed by atoms with Crippen LogP contribution in [-0.2, 0) is 26.4 Å². The van der Waals surface area contributed by atoms with Crippen LogP contribution in [0.1, 0.15) is 17.1 Å². The van der Waals surface area contributed by atoms with Gasteiger partial charge in [-0.15, -0.1) is 0 Å². The summed E-state index contributed by atoms with van der Waals surface area (Å²) >= 11 is 3.24. The van der Waals surface area contributed by atoms with Crippen molar-refractivity contribution in [2.45, 2.75) is 21.1 Å². The third-order valence-electron chi connectivity index (χ3n) is 3.80. The van der Waals surface area contributed by atoms with E-state index in [9.17, 15) is 25.8 Å². The second kappa shape index (κ2) is 8.86. The van der Waals surface area contributed by atoms with Gasteiger partial charge < -0.3 is 4.42 Å². The fraction of sp³-hybridized carbons (Fsp3) is 0.105. The summed E-state index contributed by atoms with van der Waals surface area (Å²) < 4.78 is 79.6. The maximum absolute atomic E-state index is 12.5. The highest BCUT2D eigenvalue weighted by Crippen LogP contribution is 2.26. The highest BCUT2D eigenvalue weighted by atomic mass is 79.9. The first-order chi connectivity index (χ1) is 14.0. The van der Waals surface area contributed by atoms with Gasteiger partial charge in [0.2, 0.25) is 5.89 Å². The molecule has 158 valence electrons. The zero-order valence-corrected chi connectivity index (χ0v) is 18.2. The number of hydrogen-bond donors (Lipinski definition) is 0. The standard InChI is InChI=1S/C19H13BrF3NO4S2/c20-14-4-8-17(9-5-14)30(26,27)12-15-11-28-18(24-15)10-3-13-1-6-16(7-2-13)29(25)19(21,22)23/h1-11H,12H2. The summed E-state index contributed by atoms with van der Waals surface area (Å²) in [7, 11) is -6.68. The molecule has 5 nitrogen and oxygen atoms in total. The molecule has 3 aromatic rings. The van der Waals surface area contributed by atoms with Crippen LogP contribution in [0.3, 0.4) is 0 Å². The van der Waals surface area contributed by atoms with E-state index < -0.39 is 26.1 Å². The Bertz CT molecular complexity index is 1190. The van der Waals surface area contributed by atoms with E-state index >= 15 is 0 Å². The van der Waals surface area contributed by atoms with Crippen molar-refractivity contribution in [2.75, 3.05) is 0 Å². The molecule has 0 bridgehead atoms. The molecule has 2 aromatic carbocycles. The Morgan fingerprint density at radius 2 is 1.67 bits per heavy atom. The van der Waals surface area contributed by atoms with Gasteiger partial charge >= 0.3 is 5.51 Å². The number of rotatable bonds is 6. The Kier molecular flexibility index (Phi) is 6.63. The van der Waals surface area contributed by atoms with Crippen molar-refractivity contribution in [3.05, 3.63) is 76.4 Å². The van der Waals surface area contributed by atoms with Crippen molar-refractivity contribution in [2.24, 2.45) is 0 Å². The number of aromatic nitrogens is 1. The lowest BCUT2D eigenvalue weighted by Crippen LogP contribution is -2.16. The predicted molar refractivity (Wildman–Crippen MR) is 109 cm³/mol. The van der Waals surface area contributed by atoms with E-state index in [1.165, 1.54) is 42.7 Å². The summed E-state index contributed by atoms with van der Waals surface area (Å²) in [6.45, 7) is 0. The second-order valence-corrected chi connectivity index (χ2v) is 10.4. The molecule has 0 N–H and O–H groups in total. The van der Waals surface area contributed by atoms with Crippen molar-refractivity contribution >= 4 is 48.7 Å². The number of oxazole rings is 1. The summed E-state index contributed by atoms with van der Waals surface area (Å²) in [6, 6.07) is 11.2. The summed E-state index contributed by atoms with van der Waals surface area (Å²) in [6.07, 6.45) is 4.20. The van der Waals surface area contributed by atoms with E-state index in [0.29, 0.717) is 5.56 Å². The molecule has 1 unspecified atom stereocenters. The van der Waals surface area contributed by atoms with Crippen molar-refractivity contribution in [1.82, 2.24) is 4.98 Å². The highest BCUT2D eigenvalue weighted by molar-refractivity contribution is 9.10. The SMILES string of the molecule is O=S(c1ccc(C=Cc2nc(CS(=O)(=O)c3ccc(Br)cc3)co2)cc1)C(F)(F)F. The van der Waals surface area contributed by atoms with Crippen LogP contribution in [0.2, 0.25) is 0 Å². The van der Waals surface area contributed by atoms with Crippen molar-refractivity contribution in [3.63, 3.8) is 0 Å². The maximum atomic E-state index is 12.5. The minimum absolute atomic E-state index is 0.138. The van der Waals surface area contributed by atoms with E-state index in [-0.39, 0.29) is 27.1 Å².